The largest absolute Gasteiger partial charge is 0.452 e. The highest BCUT2D eigenvalue weighted by Gasteiger charge is 2.52. The molecule has 172 valence electrons. The zero-order chi connectivity index (χ0) is 23.7. The number of ether oxygens (including phenoxy) is 1. The number of anilines is 2. The Morgan fingerprint density at radius 2 is 1.58 bits per heavy atom. The number of amides is 3. The molecule has 33 heavy (non-hydrogen) atoms. The Morgan fingerprint density at radius 3 is 2.18 bits per heavy atom. The molecule has 1 aliphatic heterocycles. The van der Waals surface area contributed by atoms with Crippen molar-refractivity contribution in [2.45, 2.75) is 23.6 Å². The van der Waals surface area contributed by atoms with E-state index < -0.39 is 30.3 Å². The maximum atomic E-state index is 12.9. The fourth-order valence-corrected chi connectivity index (χ4v) is 4.78. The average molecular weight is 510 g/mol. The lowest BCUT2D eigenvalue weighted by atomic mass is 9.80. The minimum Gasteiger partial charge on any atom is -0.452 e. The molecule has 7 nitrogen and oxygen atoms in total. The Morgan fingerprint density at radius 1 is 0.970 bits per heavy atom. The van der Waals surface area contributed by atoms with Crippen molar-refractivity contribution in [3.63, 3.8) is 0 Å². The van der Waals surface area contributed by atoms with Crippen molar-refractivity contribution in [2.24, 2.45) is 11.8 Å². The standard InChI is InChI=1S/C23H19Cl3N2O5/c24-13-4-6-14(7-5-13)27-20(29)11-33-23(32)12-2-1-3-15(8-12)28-21(30)16-9-18(25)19(26)10-17(16)22(28)31/h1-8,16-19H,9-11H2,(H,27,29)/t16-,17+,18-,19-/m0/s1. The second-order valence-electron chi connectivity index (χ2n) is 7.91. The van der Waals surface area contributed by atoms with Crippen LogP contribution in [0, 0.1) is 11.8 Å². The van der Waals surface area contributed by atoms with Crippen LogP contribution in [0.15, 0.2) is 48.5 Å². The summed E-state index contributed by atoms with van der Waals surface area (Å²) in [6, 6.07) is 12.4. The molecule has 10 heteroatoms. The average Bonchev–Trinajstić information content (AvgIpc) is 3.03. The quantitative estimate of drug-likeness (QED) is 0.370. The smallest absolute Gasteiger partial charge is 0.338 e. The van der Waals surface area contributed by atoms with Gasteiger partial charge in [-0.05, 0) is 55.3 Å². The van der Waals surface area contributed by atoms with Crippen LogP contribution in [0.2, 0.25) is 5.02 Å². The summed E-state index contributed by atoms with van der Waals surface area (Å²) in [5.74, 6) is -3.05. The molecule has 0 radical (unpaired) electrons. The van der Waals surface area contributed by atoms with Gasteiger partial charge in [-0.3, -0.25) is 19.3 Å². The monoisotopic (exact) mass is 508 g/mol. The second-order valence-corrected chi connectivity index (χ2v) is 9.47. The summed E-state index contributed by atoms with van der Waals surface area (Å²) < 4.78 is 5.08. The Labute approximate surface area is 204 Å². The number of hydrogen-bond acceptors (Lipinski definition) is 5. The zero-order valence-electron chi connectivity index (χ0n) is 17.2. The molecule has 0 aromatic heterocycles. The summed E-state index contributed by atoms with van der Waals surface area (Å²) in [4.78, 5) is 51.4. The predicted octanol–water partition coefficient (Wildman–Crippen LogP) is 4.25. The molecule has 4 atom stereocenters. The minimum atomic E-state index is -0.763. The highest BCUT2D eigenvalue weighted by atomic mass is 35.5. The van der Waals surface area contributed by atoms with Crippen molar-refractivity contribution in [1.82, 2.24) is 0 Å². The number of esters is 1. The summed E-state index contributed by atoms with van der Waals surface area (Å²) in [5, 5.41) is 2.34. The van der Waals surface area contributed by atoms with Gasteiger partial charge in [0.2, 0.25) is 11.8 Å². The molecule has 3 amide bonds. The van der Waals surface area contributed by atoms with Crippen LogP contribution in [0.25, 0.3) is 0 Å². The molecule has 0 spiro atoms. The van der Waals surface area contributed by atoms with Crippen molar-refractivity contribution >= 4 is 69.9 Å². The van der Waals surface area contributed by atoms with Crippen molar-refractivity contribution in [3.05, 3.63) is 59.1 Å². The van der Waals surface area contributed by atoms with Crippen LogP contribution in [0.3, 0.4) is 0 Å². The van der Waals surface area contributed by atoms with Crippen LogP contribution in [0.5, 0.6) is 0 Å². The van der Waals surface area contributed by atoms with Crippen LogP contribution in [0.1, 0.15) is 23.2 Å². The molecule has 1 heterocycles. The number of nitrogens with zero attached hydrogens (tertiary/aromatic N) is 1. The van der Waals surface area contributed by atoms with Gasteiger partial charge in [-0.25, -0.2) is 4.79 Å². The number of hydrogen-bond donors (Lipinski definition) is 1. The molecule has 2 aliphatic rings. The number of carbonyl (C=O) groups is 4. The van der Waals surface area contributed by atoms with Crippen LogP contribution < -0.4 is 10.2 Å². The van der Waals surface area contributed by atoms with Crippen molar-refractivity contribution < 1.29 is 23.9 Å². The van der Waals surface area contributed by atoms with E-state index in [1.165, 1.54) is 18.2 Å². The van der Waals surface area contributed by atoms with Gasteiger partial charge in [0.25, 0.3) is 5.91 Å². The van der Waals surface area contributed by atoms with E-state index in [-0.39, 0.29) is 33.8 Å². The first-order valence-electron chi connectivity index (χ1n) is 10.2. The maximum absolute atomic E-state index is 12.9. The number of alkyl halides is 2. The topological polar surface area (TPSA) is 92.8 Å². The fourth-order valence-electron chi connectivity index (χ4n) is 4.07. The van der Waals surface area contributed by atoms with E-state index in [2.05, 4.69) is 5.32 Å². The van der Waals surface area contributed by atoms with E-state index in [1.807, 2.05) is 0 Å². The van der Waals surface area contributed by atoms with Crippen LogP contribution in [0.4, 0.5) is 11.4 Å². The van der Waals surface area contributed by atoms with E-state index in [0.29, 0.717) is 23.6 Å². The number of fused-ring (bicyclic) bond motifs is 1. The van der Waals surface area contributed by atoms with Gasteiger partial charge in [0, 0.05) is 10.7 Å². The lowest BCUT2D eigenvalue weighted by Gasteiger charge is -2.28. The fraction of sp³-hybridized carbons (Fsp3) is 0.304. The number of rotatable bonds is 5. The maximum Gasteiger partial charge on any atom is 0.338 e. The minimum absolute atomic E-state index is 0.104. The molecule has 2 fully saturated rings. The SMILES string of the molecule is O=C(COC(=O)c1cccc(N2C(=O)[C@H]3C[C@H](Cl)[C@@H](Cl)C[C@H]3C2=O)c1)Nc1ccc(Cl)cc1. The normalized spacial score (nSPS) is 24.4. The third-order valence-corrected chi connectivity index (χ3v) is 7.06. The molecule has 0 unspecified atom stereocenters. The van der Waals surface area contributed by atoms with E-state index in [1.54, 1.807) is 30.3 Å². The third kappa shape index (κ3) is 5.00. The molecule has 1 saturated heterocycles. The highest BCUT2D eigenvalue weighted by molar-refractivity contribution is 6.31. The van der Waals surface area contributed by atoms with Crippen molar-refractivity contribution in [3.8, 4) is 0 Å². The van der Waals surface area contributed by atoms with E-state index in [4.69, 9.17) is 39.5 Å². The molecule has 4 rings (SSSR count). The lowest BCUT2D eigenvalue weighted by Crippen LogP contribution is -2.34. The number of imide groups is 1. The van der Waals surface area contributed by atoms with Crippen LogP contribution >= 0.6 is 34.8 Å². The molecular formula is C23H19Cl3N2O5. The highest BCUT2D eigenvalue weighted by Crippen LogP contribution is 2.43. The summed E-state index contributed by atoms with van der Waals surface area (Å²) in [6.45, 7) is -0.508. The zero-order valence-corrected chi connectivity index (χ0v) is 19.4. The first-order valence-corrected chi connectivity index (χ1v) is 11.5. The Bertz CT molecular complexity index is 1080. The molecule has 2 aromatic rings. The van der Waals surface area contributed by atoms with Gasteiger partial charge in [-0.1, -0.05) is 17.7 Å². The Hall–Kier alpha value is -2.61. The summed E-state index contributed by atoms with van der Waals surface area (Å²) in [6.07, 6.45) is 0.651. The van der Waals surface area contributed by atoms with Gasteiger partial charge < -0.3 is 10.1 Å². The van der Waals surface area contributed by atoms with Gasteiger partial charge in [0.15, 0.2) is 6.61 Å². The van der Waals surface area contributed by atoms with Crippen LogP contribution in [-0.4, -0.2) is 41.1 Å². The number of benzene rings is 2. The first-order chi connectivity index (χ1) is 15.7. The molecule has 1 aliphatic carbocycles. The van der Waals surface area contributed by atoms with E-state index >= 15 is 0 Å². The predicted molar refractivity (Wildman–Crippen MR) is 125 cm³/mol. The van der Waals surface area contributed by atoms with Crippen molar-refractivity contribution in [2.75, 3.05) is 16.8 Å². The molecule has 0 bridgehead atoms. The molecule has 1 N–H and O–H groups in total. The van der Waals surface area contributed by atoms with Gasteiger partial charge in [-0.2, -0.15) is 0 Å². The lowest BCUT2D eigenvalue weighted by molar-refractivity contribution is -0.122. The first kappa shape index (κ1) is 23.5. The Balaban J connectivity index is 1.41. The molecule has 1 saturated carbocycles. The summed E-state index contributed by atoms with van der Waals surface area (Å²) in [5.41, 5.74) is 0.873. The van der Waals surface area contributed by atoms with Crippen LogP contribution in [-0.2, 0) is 19.1 Å². The van der Waals surface area contributed by atoms with Gasteiger partial charge in [0.05, 0.1) is 33.8 Å². The Kier molecular flexibility index (Phi) is 6.93. The van der Waals surface area contributed by atoms with E-state index in [9.17, 15) is 19.2 Å². The number of carbonyl (C=O) groups excluding carboxylic acids is 4. The third-order valence-electron chi connectivity index (χ3n) is 5.71. The van der Waals surface area contributed by atoms with Gasteiger partial charge in [-0.15, -0.1) is 23.2 Å². The van der Waals surface area contributed by atoms with Crippen molar-refractivity contribution in [1.29, 1.82) is 0 Å². The number of halogens is 3. The summed E-state index contributed by atoms with van der Waals surface area (Å²) >= 11 is 18.2. The second kappa shape index (κ2) is 9.71. The van der Waals surface area contributed by atoms with E-state index in [0.717, 1.165) is 4.90 Å². The number of nitrogens with one attached hydrogen (secondary N) is 1. The summed E-state index contributed by atoms with van der Waals surface area (Å²) in [7, 11) is 0. The van der Waals surface area contributed by atoms with Gasteiger partial charge in [0.1, 0.15) is 0 Å². The van der Waals surface area contributed by atoms with Gasteiger partial charge >= 0.3 is 5.97 Å². The molecular weight excluding hydrogens is 491 g/mol. The molecule has 2 aromatic carbocycles.